The summed E-state index contributed by atoms with van der Waals surface area (Å²) in [5, 5.41) is 12.6. The second kappa shape index (κ2) is 5.88. The summed E-state index contributed by atoms with van der Waals surface area (Å²) in [6, 6.07) is 16.3. The number of anilines is 1. The number of rotatable bonds is 2. The van der Waals surface area contributed by atoms with Crippen molar-refractivity contribution in [3.8, 4) is 11.8 Å². The average Bonchev–Trinajstić information content (AvgIpc) is 2.71. The van der Waals surface area contributed by atoms with Crippen molar-refractivity contribution in [1.82, 2.24) is 0 Å². The molecular formula is C18H18N2O. The van der Waals surface area contributed by atoms with Gasteiger partial charge in [-0.15, -0.1) is 0 Å². The number of hydrogen-bond acceptors (Lipinski definition) is 3. The number of aryl methyl sites for hydroxylation is 1. The van der Waals surface area contributed by atoms with Gasteiger partial charge in [-0.05, 0) is 43.5 Å². The maximum Gasteiger partial charge on any atom is 0.127 e. The van der Waals surface area contributed by atoms with Gasteiger partial charge in [0.25, 0.3) is 0 Å². The Kier molecular flexibility index (Phi) is 3.79. The van der Waals surface area contributed by atoms with E-state index in [1.165, 1.54) is 11.1 Å². The molecule has 0 spiro atoms. The molecule has 106 valence electrons. The minimum atomic E-state index is 0.219. The molecular weight excluding hydrogens is 260 g/mol. The molecule has 3 nitrogen and oxygen atoms in total. The normalized spacial score (nSPS) is 17.0. The van der Waals surface area contributed by atoms with Gasteiger partial charge in [0.05, 0.1) is 24.3 Å². The fourth-order valence-electron chi connectivity index (χ4n) is 2.79. The van der Waals surface area contributed by atoms with Gasteiger partial charge >= 0.3 is 0 Å². The lowest BCUT2D eigenvalue weighted by atomic mass is 9.99. The summed E-state index contributed by atoms with van der Waals surface area (Å²) in [6.45, 7) is 2.84. The molecule has 1 N–H and O–H groups in total. The zero-order chi connectivity index (χ0) is 14.7. The first-order chi connectivity index (χ1) is 10.3. The number of para-hydroxylation sites is 1. The zero-order valence-electron chi connectivity index (χ0n) is 12.1. The van der Waals surface area contributed by atoms with E-state index in [0.717, 1.165) is 30.9 Å². The maximum absolute atomic E-state index is 9.01. The zero-order valence-corrected chi connectivity index (χ0v) is 12.1. The molecule has 0 amide bonds. The summed E-state index contributed by atoms with van der Waals surface area (Å²) in [7, 11) is 0. The van der Waals surface area contributed by atoms with Crippen LogP contribution in [-0.2, 0) is 0 Å². The lowest BCUT2D eigenvalue weighted by molar-refractivity contribution is 0.314. The molecule has 2 aromatic carbocycles. The molecule has 2 aromatic rings. The highest BCUT2D eigenvalue weighted by Crippen LogP contribution is 2.36. The van der Waals surface area contributed by atoms with Gasteiger partial charge in [-0.25, -0.2) is 0 Å². The first kappa shape index (κ1) is 13.5. The summed E-state index contributed by atoms with van der Waals surface area (Å²) in [4.78, 5) is 0. The minimum Gasteiger partial charge on any atom is -0.493 e. The lowest BCUT2D eigenvalue weighted by Gasteiger charge is -2.20. The van der Waals surface area contributed by atoms with Crippen LogP contribution in [0.15, 0.2) is 42.5 Å². The summed E-state index contributed by atoms with van der Waals surface area (Å²) in [5.74, 6) is 1.00. The van der Waals surface area contributed by atoms with E-state index in [2.05, 4.69) is 36.5 Å². The molecule has 0 bridgehead atoms. The molecule has 0 aromatic heterocycles. The molecule has 1 aliphatic heterocycles. The summed E-state index contributed by atoms with van der Waals surface area (Å²) in [6.07, 6.45) is 2.04. The quantitative estimate of drug-likeness (QED) is 0.895. The van der Waals surface area contributed by atoms with Gasteiger partial charge in [-0.1, -0.05) is 24.3 Å². The molecule has 3 heteroatoms. The van der Waals surface area contributed by atoms with E-state index in [-0.39, 0.29) is 6.04 Å². The Hall–Kier alpha value is -2.47. The van der Waals surface area contributed by atoms with Crippen LogP contribution in [-0.4, -0.2) is 6.61 Å². The molecule has 1 heterocycles. The molecule has 1 unspecified atom stereocenters. The smallest absolute Gasteiger partial charge is 0.127 e. The van der Waals surface area contributed by atoms with Gasteiger partial charge in [0, 0.05) is 11.3 Å². The van der Waals surface area contributed by atoms with Crippen LogP contribution in [0.2, 0.25) is 0 Å². The topological polar surface area (TPSA) is 45.0 Å². The number of nitrogens with one attached hydrogen (secondary N) is 1. The van der Waals surface area contributed by atoms with Crippen molar-refractivity contribution in [2.45, 2.75) is 25.8 Å². The van der Waals surface area contributed by atoms with Crippen molar-refractivity contribution in [3.63, 3.8) is 0 Å². The van der Waals surface area contributed by atoms with Gasteiger partial charge < -0.3 is 10.1 Å². The average molecular weight is 278 g/mol. The number of nitriles is 1. The van der Waals surface area contributed by atoms with E-state index < -0.39 is 0 Å². The Morgan fingerprint density at radius 3 is 2.95 bits per heavy atom. The molecule has 1 atom stereocenters. The van der Waals surface area contributed by atoms with Gasteiger partial charge in [-0.3, -0.25) is 0 Å². The van der Waals surface area contributed by atoms with Crippen LogP contribution in [0.3, 0.4) is 0 Å². The van der Waals surface area contributed by atoms with E-state index in [4.69, 9.17) is 10.00 Å². The molecule has 0 saturated heterocycles. The van der Waals surface area contributed by atoms with Crippen LogP contribution in [0.25, 0.3) is 0 Å². The van der Waals surface area contributed by atoms with Crippen molar-refractivity contribution in [3.05, 3.63) is 59.2 Å². The third kappa shape index (κ3) is 2.85. The number of ether oxygens (including phenoxy) is 1. The second-order valence-corrected chi connectivity index (χ2v) is 5.37. The predicted octanol–water partition coefficient (Wildman–Crippen LogP) is 4.19. The van der Waals surface area contributed by atoms with Crippen molar-refractivity contribution in [1.29, 1.82) is 5.26 Å². The number of benzene rings is 2. The molecule has 21 heavy (non-hydrogen) atoms. The van der Waals surface area contributed by atoms with Gasteiger partial charge in [0.1, 0.15) is 5.75 Å². The minimum absolute atomic E-state index is 0.219. The van der Waals surface area contributed by atoms with Gasteiger partial charge in [0.2, 0.25) is 0 Å². The third-order valence-corrected chi connectivity index (χ3v) is 3.83. The summed E-state index contributed by atoms with van der Waals surface area (Å²) >= 11 is 0. The monoisotopic (exact) mass is 278 g/mol. The Morgan fingerprint density at radius 2 is 2.10 bits per heavy atom. The molecule has 0 fully saturated rings. The number of hydrogen-bond donors (Lipinski definition) is 1. The molecule has 0 saturated carbocycles. The maximum atomic E-state index is 9.01. The van der Waals surface area contributed by atoms with E-state index in [1.807, 2.05) is 24.3 Å². The van der Waals surface area contributed by atoms with Crippen LogP contribution in [0.5, 0.6) is 5.75 Å². The highest BCUT2D eigenvalue weighted by atomic mass is 16.5. The molecule has 0 radical (unpaired) electrons. The van der Waals surface area contributed by atoms with Crippen molar-refractivity contribution in [2.24, 2.45) is 0 Å². The molecule has 1 aliphatic rings. The fourth-order valence-corrected chi connectivity index (χ4v) is 2.79. The van der Waals surface area contributed by atoms with Gasteiger partial charge in [0.15, 0.2) is 0 Å². The number of nitrogens with zero attached hydrogens (tertiary/aromatic N) is 1. The van der Waals surface area contributed by atoms with Gasteiger partial charge in [-0.2, -0.15) is 5.26 Å². The second-order valence-electron chi connectivity index (χ2n) is 5.37. The highest BCUT2D eigenvalue weighted by molar-refractivity contribution is 5.53. The van der Waals surface area contributed by atoms with Crippen LogP contribution >= 0.6 is 0 Å². The Labute approximate surface area is 125 Å². The van der Waals surface area contributed by atoms with E-state index >= 15 is 0 Å². The largest absolute Gasteiger partial charge is 0.493 e. The van der Waals surface area contributed by atoms with E-state index in [1.54, 1.807) is 0 Å². The van der Waals surface area contributed by atoms with Crippen molar-refractivity contribution in [2.75, 3.05) is 11.9 Å². The van der Waals surface area contributed by atoms with Crippen LogP contribution in [0.1, 0.15) is 35.6 Å². The summed E-state index contributed by atoms with van der Waals surface area (Å²) < 4.78 is 5.90. The fraction of sp³-hybridized carbons (Fsp3) is 0.278. The molecule has 3 rings (SSSR count). The van der Waals surface area contributed by atoms with E-state index in [0.29, 0.717) is 5.56 Å². The first-order valence-electron chi connectivity index (χ1n) is 7.27. The Balaban J connectivity index is 1.92. The standard InChI is InChI=1S/C18H18N2O/c1-13-5-2-8-16-17(9-4-10-21-18(13)16)20-15-7-3-6-14(11-15)12-19/h2-3,5-8,11,17,20H,4,9-10H2,1H3. The SMILES string of the molecule is Cc1cccc2c1OCCCC2Nc1cccc(C#N)c1. The highest BCUT2D eigenvalue weighted by Gasteiger charge is 2.20. The first-order valence-corrected chi connectivity index (χ1v) is 7.27. The number of fused-ring (bicyclic) bond motifs is 1. The molecule has 0 aliphatic carbocycles. The van der Waals surface area contributed by atoms with Crippen LogP contribution < -0.4 is 10.1 Å². The van der Waals surface area contributed by atoms with Crippen molar-refractivity contribution < 1.29 is 4.74 Å². The Bertz CT molecular complexity index is 688. The predicted molar refractivity (Wildman–Crippen MR) is 83.4 cm³/mol. The lowest BCUT2D eigenvalue weighted by Crippen LogP contribution is -2.10. The summed E-state index contributed by atoms with van der Waals surface area (Å²) in [5.41, 5.74) is 4.03. The van der Waals surface area contributed by atoms with Crippen LogP contribution in [0, 0.1) is 18.3 Å². The van der Waals surface area contributed by atoms with Crippen LogP contribution in [0.4, 0.5) is 5.69 Å². The Morgan fingerprint density at radius 1 is 1.24 bits per heavy atom. The van der Waals surface area contributed by atoms with E-state index in [9.17, 15) is 0 Å². The van der Waals surface area contributed by atoms with Crippen molar-refractivity contribution >= 4 is 5.69 Å². The third-order valence-electron chi connectivity index (χ3n) is 3.83.